The number of rotatable bonds is 7. The molecule has 0 aliphatic heterocycles. The van der Waals surface area contributed by atoms with Gasteiger partial charge in [-0.2, -0.15) is 0 Å². The van der Waals surface area contributed by atoms with Gasteiger partial charge in [-0.1, -0.05) is 31.5 Å². The Morgan fingerprint density at radius 3 is 2.59 bits per heavy atom. The van der Waals surface area contributed by atoms with Crippen LogP contribution in [0.1, 0.15) is 41.7 Å². The molecule has 0 spiro atoms. The Hall–Kier alpha value is -1.94. The summed E-state index contributed by atoms with van der Waals surface area (Å²) >= 11 is 1.67. The third-order valence-corrected chi connectivity index (χ3v) is 5.18. The molecule has 0 radical (unpaired) electrons. The summed E-state index contributed by atoms with van der Waals surface area (Å²) in [5.74, 6) is 1.86. The van der Waals surface area contributed by atoms with Gasteiger partial charge < -0.3 is 15.1 Å². The van der Waals surface area contributed by atoms with Crippen molar-refractivity contribution in [1.82, 2.24) is 20.6 Å². The van der Waals surface area contributed by atoms with Crippen molar-refractivity contribution >= 4 is 41.3 Å². The molecule has 156 valence electrons. The van der Waals surface area contributed by atoms with Gasteiger partial charge >= 0.3 is 0 Å². The zero-order chi connectivity index (χ0) is 19.9. The number of oxazole rings is 1. The van der Waals surface area contributed by atoms with Gasteiger partial charge in [0.1, 0.15) is 11.3 Å². The van der Waals surface area contributed by atoms with E-state index in [1.165, 1.54) is 5.56 Å². The fourth-order valence-electron chi connectivity index (χ4n) is 2.61. The van der Waals surface area contributed by atoms with E-state index in [9.17, 15) is 0 Å². The van der Waals surface area contributed by atoms with E-state index < -0.39 is 0 Å². The van der Waals surface area contributed by atoms with Gasteiger partial charge in [-0.15, -0.1) is 35.3 Å². The zero-order valence-electron chi connectivity index (χ0n) is 17.2. The van der Waals surface area contributed by atoms with Gasteiger partial charge in [-0.05, 0) is 25.0 Å². The molecule has 29 heavy (non-hydrogen) atoms. The first-order chi connectivity index (χ1) is 13.5. The van der Waals surface area contributed by atoms with Gasteiger partial charge in [-0.3, -0.25) is 4.99 Å². The first kappa shape index (κ1) is 23.3. The highest BCUT2D eigenvalue weighted by molar-refractivity contribution is 14.0. The molecule has 2 heterocycles. The molecule has 2 aromatic heterocycles. The summed E-state index contributed by atoms with van der Waals surface area (Å²) in [6.07, 6.45) is 2.47. The highest BCUT2D eigenvalue weighted by Gasteiger charge is 2.08. The van der Waals surface area contributed by atoms with Crippen LogP contribution in [0.3, 0.4) is 0 Å². The van der Waals surface area contributed by atoms with Crippen LogP contribution in [0.2, 0.25) is 0 Å². The molecule has 0 unspecified atom stereocenters. The summed E-state index contributed by atoms with van der Waals surface area (Å²) in [6.45, 7) is 7.75. The van der Waals surface area contributed by atoms with Crippen molar-refractivity contribution in [3.8, 4) is 11.5 Å². The maximum absolute atomic E-state index is 5.61. The number of aryl methyl sites for hydroxylation is 1. The Labute approximate surface area is 193 Å². The molecule has 0 fully saturated rings. The monoisotopic (exact) mass is 525 g/mol. The average Bonchev–Trinajstić information content (AvgIpc) is 3.35. The van der Waals surface area contributed by atoms with Crippen LogP contribution < -0.4 is 10.6 Å². The van der Waals surface area contributed by atoms with Crippen molar-refractivity contribution < 1.29 is 4.42 Å². The van der Waals surface area contributed by atoms with Crippen molar-refractivity contribution in [1.29, 1.82) is 0 Å². The molecule has 3 aromatic rings. The molecule has 1 aromatic carbocycles. The van der Waals surface area contributed by atoms with E-state index >= 15 is 0 Å². The van der Waals surface area contributed by atoms with Crippen LogP contribution in [-0.2, 0) is 13.0 Å². The van der Waals surface area contributed by atoms with Gasteiger partial charge in [0.15, 0.2) is 5.96 Å². The Morgan fingerprint density at radius 1 is 1.17 bits per heavy atom. The summed E-state index contributed by atoms with van der Waals surface area (Å²) in [6, 6.07) is 8.17. The molecule has 3 rings (SSSR count). The lowest BCUT2D eigenvalue weighted by Gasteiger charge is -2.10. The molecule has 0 amide bonds. The maximum Gasteiger partial charge on any atom is 0.226 e. The van der Waals surface area contributed by atoms with Gasteiger partial charge in [0.25, 0.3) is 0 Å². The summed E-state index contributed by atoms with van der Waals surface area (Å²) in [5.41, 5.74) is 4.27. The lowest BCUT2D eigenvalue weighted by molar-refractivity contribution is 0.572. The first-order valence-corrected chi connectivity index (χ1v) is 10.3. The first-order valence-electron chi connectivity index (χ1n) is 9.45. The number of nitrogens with one attached hydrogen (secondary N) is 2. The summed E-state index contributed by atoms with van der Waals surface area (Å²) in [7, 11) is 1.77. The molecule has 0 saturated carbocycles. The topological polar surface area (TPSA) is 75.3 Å². The number of nitrogens with zero attached hydrogens (tertiary/aromatic N) is 3. The van der Waals surface area contributed by atoms with Crippen molar-refractivity contribution in [3.05, 3.63) is 57.9 Å². The lowest BCUT2D eigenvalue weighted by Crippen LogP contribution is -2.37. The van der Waals surface area contributed by atoms with E-state index in [1.807, 2.05) is 12.1 Å². The molecule has 0 aliphatic rings. The van der Waals surface area contributed by atoms with Crippen LogP contribution in [0.5, 0.6) is 0 Å². The Bertz CT molecular complexity index is 917. The van der Waals surface area contributed by atoms with E-state index in [2.05, 4.69) is 63.9 Å². The van der Waals surface area contributed by atoms with Crippen molar-refractivity contribution in [2.45, 2.75) is 39.7 Å². The molecule has 0 atom stereocenters. The van der Waals surface area contributed by atoms with Crippen molar-refractivity contribution in [2.24, 2.45) is 4.99 Å². The lowest BCUT2D eigenvalue weighted by atomic mass is 10.1. The SMILES string of the molecule is CN=C(NCCc1coc(-c2ccc(C)cc2)n1)NCc1nc(C(C)C)cs1.I. The maximum atomic E-state index is 5.61. The number of thiazole rings is 1. The van der Waals surface area contributed by atoms with E-state index in [-0.39, 0.29) is 24.0 Å². The minimum Gasteiger partial charge on any atom is -0.444 e. The molecule has 0 aliphatic carbocycles. The quantitative estimate of drug-likeness (QED) is 0.265. The predicted molar refractivity (Wildman–Crippen MR) is 130 cm³/mol. The van der Waals surface area contributed by atoms with E-state index in [1.54, 1.807) is 24.6 Å². The van der Waals surface area contributed by atoms with Crippen molar-refractivity contribution in [3.63, 3.8) is 0 Å². The second-order valence-corrected chi connectivity index (χ2v) is 7.88. The predicted octanol–water partition coefficient (Wildman–Crippen LogP) is 4.76. The molecule has 6 nitrogen and oxygen atoms in total. The number of aromatic nitrogens is 2. The smallest absolute Gasteiger partial charge is 0.226 e. The normalized spacial score (nSPS) is 11.4. The largest absolute Gasteiger partial charge is 0.444 e. The summed E-state index contributed by atoms with van der Waals surface area (Å²) in [4.78, 5) is 13.5. The third kappa shape index (κ3) is 6.81. The van der Waals surface area contributed by atoms with Gasteiger partial charge in [0.2, 0.25) is 5.89 Å². The average molecular weight is 525 g/mol. The van der Waals surface area contributed by atoms with Crippen LogP contribution in [-0.4, -0.2) is 29.5 Å². The van der Waals surface area contributed by atoms with E-state index in [0.717, 1.165) is 34.3 Å². The summed E-state index contributed by atoms with van der Waals surface area (Å²) in [5, 5.41) is 9.79. The molecular weight excluding hydrogens is 497 g/mol. The van der Waals surface area contributed by atoms with Crippen LogP contribution >= 0.6 is 35.3 Å². The minimum atomic E-state index is 0. The fourth-order valence-corrected chi connectivity index (χ4v) is 3.51. The zero-order valence-corrected chi connectivity index (χ0v) is 20.4. The number of guanidine groups is 1. The minimum absolute atomic E-state index is 0. The van der Waals surface area contributed by atoms with Gasteiger partial charge in [-0.25, -0.2) is 9.97 Å². The standard InChI is InChI=1S/C21H27N5OS.HI/c1-14(2)18-13-28-19(26-18)11-24-21(22-4)23-10-9-17-12-27-20(25-17)16-7-5-15(3)6-8-16;/h5-8,12-14H,9-11H2,1-4H3,(H2,22,23,24);1H. The Kier molecular flexibility index (Phi) is 9.09. The van der Waals surface area contributed by atoms with Crippen molar-refractivity contribution in [2.75, 3.05) is 13.6 Å². The highest BCUT2D eigenvalue weighted by atomic mass is 127. The number of benzene rings is 1. The number of hydrogen-bond acceptors (Lipinski definition) is 5. The number of halogens is 1. The number of aliphatic imine (C=N–C) groups is 1. The van der Waals surface area contributed by atoms with Gasteiger partial charge in [0, 0.05) is 31.0 Å². The second-order valence-electron chi connectivity index (χ2n) is 6.93. The Balaban J connectivity index is 0.00000300. The van der Waals surface area contributed by atoms with Crippen LogP contribution in [0.15, 0.2) is 45.3 Å². The van der Waals surface area contributed by atoms with Crippen LogP contribution in [0.25, 0.3) is 11.5 Å². The Morgan fingerprint density at radius 2 is 1.93 bits per heavy atom. The molecule has 2 N–H and O–H groups in total. The van der Waals surface area contributed by atoms with E-state index in [0.29, 0.717) is 24.9 Å². The summed E-state index contributed by atoms with van der Waals surface area (Å²) < 4.78 is 5.61. The van der Waals surface area contributed by atoms with Crippen LogP contribution in [0, 0.1) is 6.92 Å². The highest BCUT2D eigenvalue weighted by Crippen LogP contribution is 2.19. The number of hydrogen-bond donors (Lipinski definition) is 2. The van der Waals surface area contributed by atoms with E-state index in [4.69, 9.17) is 4.42 Å². The fraction of sp³-hybridized carbons (Fsp3) is 0.381. The van der Waals surface area contributed by atoms with Crippen LogP contribution in [0.4, 0.5) is 0 Å². The molecule has 0 saturated heterocycles. The van der Waals surface area contributed by atoms with Gasteiger partial charge in [0.05, 0.1) is 17.9 Å². The molecule has 0 bridgehead atoms. The molecular formula is C21H28IN5OS. The molecule has 8 heteroatoms. The second kappa shape index (κ2) is 11.3. The third-order valence-electron chi connectivity index (χ3n) is 4.32.